The quantitative estimate of drug-likeness (QED) is 0.876. The lowest BCUT2D eigenvalue weighted by atomic mass is 9.99. The van der Waals surface area contributed by atoms with Gasteiger partial charge in [0, 0.05) is 19.3 Å². The third-order valence-corrected chi connectivity index (χ3v) is 4.51. The summed E-state index contributed by atoms with van der Waals surface area (Å²) in [6, 6.07) is 3.76. The Hall–Kier alpha value is -2.04. The second-order valence-electron chi connectivity index (χ2n) is 6.01. The molecule has 2 aromatic heterocycles. The molecule has 0 saturated carbocycles. The molecule has 0 N–H and O–H groups in total. The van der Waals surface area contributed by atoms with Crippen LogP contribution in [-0.4, -0.2) is 40.4 Å². The zero-order chi connectivity index (χ0) is 15.7. The summed E-state index contributed by atoms with van der Waals surface area (Å²) in [7, 11) is 1.63. The van der Waals surface area contributed by atoms with Crippen molar-refractivity contribution in [2.24, 2.45) is 5.92 Å². The SMILES string of the molecule is CCc1nc2c(OC)cccn2c1C(=O)N1CCC(C)CC1. The Bertz CT molecular complexity index is 685. The molecule has 1 aliphatic rings. The Kier molecular flexibility index (Phi) is 4.05. The van der Waals surface area contributed by atoms with Crippen LogP contribution in [0.2, 0.25) is 0 Å². The largest absolute Gasteiger partial charge is 0.493 e. The summed E-state index contributed by atoms with van der Waals surface area (Å²) in [6.07, 6.45) is 4.78. The van der Waals surface area contributed by atoms with Crippen LogP contribution < -0.4 is 4.74 Å². The van der Waals surface area contributed by atoms with Crippen molar-refractivity contribution < 1.29 is 9.53 Å². The van der Waals surface area contributed by atoms with E-state index in [0.717, 1.165) is 43.7 Å². The first kappa shape index (κ1) is 14.9. The van der Waals surface area contributed by atoms with Crippen molar-refractivity contribution in [3.05, 3.63) is 29.7 Å². The molecule has 22 heavy (non-hydrogen) atoms. The molecule has 5 heteroatoms. The summed E-state index contributed by atoms with van der Waals surface area (Å²) in [5, 5.41) is 0. The van der Waals surface area contributed by atoms with E-state index >= 15 is 0 Å². The maximum absolute atomic E-state index is 13.0. The number of hydrogen-bond donors (Lipinski definition) is 0. The van der Waals surface area contributed by atoms with Crippen molar-refractivity contribution in [3.63, 3.8) is 0 Å². The molecule has 1 fully saturated rings. The molecule has 0 unspecified atom stereocenters. The Balaban J connectivity index is 2.03. The molecule has 2 aromatic rings. The van der Waals surface area contributed by atoms with Gasteiger partial charge in [-0.25, -0.2) is 4.98 Å². The second kappa shape index (κ2) is 5.99. The summed E-state index contributed by atoms with van der Waals surface area (Å²) in [4.78, 5) is 19.6. The highest BCUT2D eigenvalue weighted by Crippen LogP contribution is 2.25. The van der Waals surface area contributed by atoms with Gasteiger partial charge in [-0.05, 0) is 37.3 Å². The number of hydrogen-bond acceptors (Lipinski definition) is 3. The number of carbonyl (C=O) groups excluding carboxylic acids is 1. The van der Waals surface area contributed by atoms with Gasteiger partial charge < -0.3 is 9.64 Å². The monoisotopic (exact) mass is 301 g/mol. The minimum Gasteiger partial charge on any atom is -0.493 e. The molecule has 0 bridgehead atoms. The third-order valence-electron chi connectivity index (χ3n) is 4.51. The summed E-state index contributed by atoms with van der Waals surface area (Å²) < 4.78 is 7.24. The van der Waals surface area contributed by atoms with Crippen molar-refractivity contribution >= 4 is 11.6 Å². The summed E-state index contributed by atoms with van der Waals surface area (Å²) >= 11 is 0. The van der Waals surface area contributed by atoms with E-state index in [-0.39, 0.29) is 5.91 Å². The standard InChI is InChI=1S/C17H23N3O2/c1-4-13-15(17(21)19-10-7-12(2)8-11-19)20-9-5-6-14(22-3)16(20)18-13/h5-6,9,12H,4,7-8,10-11H2,1-3H3. The number of fused-ring (bicyclic) bond motifs is 1. The molecule has 0 atom stereocenters. The van der Waals surface area contributed by atoms with Crippen LogP contribution in [-0.2, 0) is 6.42 Å². The number of methoxy groups -OCH3 is 1. The van der Waals surface area contributed by atoms with Crippen LogP contribution in [0.3, 0.4) is 0 Å². The van der Waals surface area contributed by atoms with E-state index in [2.05, 4.69) is 11.9 Å². The Morgan fingerprint density at radius 3 is 2.77 bits per heavy atom. The van der Waals surface area contributed by atoms with Gasteiger partial charge in [-0.1, -0.05) is 13.8 Å². The van der Waals surface area contributed by atoms with Crippen LogP contribution in [0, 0.1) is 5.92 Å². The molecule has 0 aliphatic carbocycles. The molecule has 3 rings (SSSR count). The highest BCUT2D eigenvalue weighted by Gasteiger charge is 2.27. The normalized spacial score (nSPS) is 16.2. The van der Waals surface area contributed by atoms with Gasteiger partial charge in [-0.3, -0.25) is 9.20 Å². The Labute approximate surface area is 130 Å². The van der Waals surface area contributed by atoms with Crippen LogP contribution in [0.25, 0.3) is 5.65 Å². The molecule has 1 saturated heterocycles. The predicted octanol–water partition coefficient (Wildman–Crippen LogP) is 2.78. The fourth-order valence-electron chi connectivity index (χ4n) is 3.08. The number of piperidine rings is 1. The first-order valence-electron chi connectivity index (χ1n) is 7.99. The van der Waals surface area contributed by atoms with Gasteiger partial charge >= 0.3 is 0 Å². The first-order chi connectivity index (χ1) is 10.7. The fourth-order valence-corrected chi connectivity index (χ4v) is 3.08. The molecule has 0 radical (unpaired) electrons. The second-order valence-corrected chi connectivity index (χ2v) is 6.01. The van der Waals surface area contributed by atoms with E-state index in [0.29, 0.717) is 17.4 Å². The van der Waals surface area contributed by atoms with E-state index in [1.807, 2.05) is 34.6 Å². The highest BCUT2D eigenvalue weighted by atomic mass is 16.5. The average molecular weight is 301 g/mol. The van der Waals surface area contributed by atoms with Crippen molar-refractivity contribution in [3.8, 4) is 5.75 Å². The van der Waals surface area contributed by atoms with Gasteiger partial charge in [-0.15, -0.1) is 0 Å². The molecule has 0 spiro atoms. The van der Waals surface area contributed by atoms with Crippen molar-refractivity contribution in [2.75, 3.05) is 20.2 Å². The number of likely N-dealkylation sites (tertiary alicyclic amines) is 1. The van der Waals surface area contributed by atoms with Gasteiger partial charge in [-0.2, -0.15) is 0 Å². The lowest BCUT2D eigenvalue weighted by molar-refractivity contribution is 0.0689. The average Bonchev–Trinajstić information content (AvgIpc) is 2.93. The fraction of sp³-hybridized carbons (Fsp3) is 0.529. The van der Waals surface area contributed by atoms with Gasteiger partial charge in [0.05, 0.1) is 12.8 Å². The molecule has 3 heterocycles. The maximum Gasteiger partial charge on any atom is 0.272 e. The van der Waals surface area contributed by atoms with Crippen molar-refractivity contribution in [1.29, 1.82) is 0 Å². The van der Waals surface area contributed by atoms with Gasteiger partial charge in [0.25, 0.3) is 5.91 Å². The minimum absolute atomic E-state index is 0.0875. The van der Waals surface area contributed by atoms with E-state index in [1.165, 1.54) is 0 Å². The molecule has 118 valence electrons. The van der Waals surface area contributed by atoms with E-state index < -0.39 is 0 Å². The number of imidazole rings is 1. The van der Waals surface area contributed by atoms with Crippen molar-refractivity contribution in [2.45, 2.75) is 33.1 Å². The maximum atomic E-state index is 13.0. The Morgan fingerprint density at radius 2 is 2.14 bits per heavy atom. The van der Waals surface area contributed by atoms with Crippen LogP contribution in [0.1, 0.15) is 42.9 Å². The zero-order valence-corrected chi connectivity index (χ0v) is 13.5. The molecular formula is C17H23N3O2. The number of carbonyl (C=O) groups is 1. The lowest BCUT2D eigenvalue weighted by Crippen LogP contribution is -2.38. The summed E-state index contributed by atoms with van der Waals surface area (Å²) in [5.74, 6) is 1.49. The number of aromatic nitrogens is 2. The lowest BCUT2D eigenvalue weighted by Gasteiger charge is -2.30. The number of aryl methyl sites for hydroxylation is 1. The molecular weight excluding hydrogens is 278 g/mol. The van der Waals surface area contributed by atoms with Crippen LogP contribution in [0.15, 0.2) is 18.3 Å². The van der Waals surface area contributed by atoms with Crippen molar-refractivity contribution in [1.82, 2.24) is 14.3 Å². The van der Waals surface area contributed by atoms with E-state index in [1.54, 1.807) is 7.11 Å². The predicted molar refractivity (Wildman–Crippen MR) is 85.4 cm³/mol. The smallest absolute Gasteiger partial charge is 0.272 e. The number of ether oxygens (including phenoxy) is 1. The highest BCUT2D eigenvalue weighted by molar-refractivity contribution is 5.95. The first-order valence-corrected chi connectivity index (χ1v) is 7.99. The van der Waals surface area contributed by atoms with Gasteiger partial charge in [0.1, 0.15) is 5.69 Å². The summed E-state index contributed by atoms with van der Waals surface area (Å²) in [6.45, 7) is 5.95. The molecule has 1 aliphatic heterocycles. The minimum atomic E-state index is 0.0875. The van der Waals surface area contributed by atoms with Gasteiger partial charge in [0.2, 0.25) is 0 Å². The van der Waals surface area contributed by atoms with E-state index in [9.17, 15) is 4.79 Å². The van der Waals surface area contributed by atoms with Gasteiger partial charge in [0.15, 0.2) is 11.4 Å². The zero-order valence-electron chi connectivity index (χ0n) is 13.5. The number of nitrogens with zero attached hydrogens (tertiary/aromatic N) is 3. The topological polar surface area (TPSA) is 46.8 Å². The number of rotatable bonds is 3. The van der Waals surface area contributed by atoms with Crippen LogP contribution in [0.5, 0.6) is 5.75 Å². The molecule has 1 amide bonds. The Morgan fingerprint density at radius 1 is 1.41 bits per heavy atom. The summed E-state index contributed by atoms with van der Waals surface area (Å²) in [5.41, 5.74) is 2.25. The molecule has 0 aromatic carbocycles. The number of pyridine rings is 1. The van der Waals surface area contributed by atoms with Crippen LogP contribution >= 0.6 is 0 Å². The number of amides is 1. The van der Waals surface area contributed by atoms with Crippen LogP contribution in [0.4, 0.5) is 0 Å². The third kappa shape index (κ3) is 2.45. The molecule has 5 nitrogen and oxygen atoms in total. The van der Waals surface area contributed by atoms with E-state index in [4.69, 9.17) is 4.74 Å².